The first-order chi connectivity index (χ1) is 14.2. The SMILES string of the molecule is CC(C)(C)NC(=O)OCCCN1Cc2ccc(Cl)cc2CC1Cc1ccc(F)cc1. The van der Waals surface area contributed by atoms with E-state index >= 15 is 0 Å². The Kier molecular flexibility index (Phi) is 7.37. The highest BCUT2D eigenvalue weighted by molar-refractivity contribution is 6.30. The number of hydrogen-bond acceptors (Lipinski definition) is 3. The predicted octanol–water partition coefficient (Wildman–Crippen LogP) is 5.36. The normalized spacial score (nSPS) is 16.8. The molecule has 162 valence electrons. The van der Waals surface area contributed by atoms with Gasteiger partial charge in [-0.15, -0.1) is 0 Å². The van der Waals surface area contributed by atoms with Gasteiger partial charge in [0, 0.05) is 29.7 Å². The fraction of sp³-hybridized carbons (Fsp3) is 0.458. The van der Waals surface area contributed by atoms with Crippen molar-refractivity contribution in [2.75, 3.05) is 13.2 Å². The lowest BCUT2D eigenvalue weighted by Crippen LogP contribution is -2.43. The summed E-state index contributed by atoms with van der Waals surface area (Å²) in [6.45, 7) is 7.78. The van der Waals surface area contributed by atoms with Gasteiger partial charge in [0.25, 0.3) is 0 Å². The molecule has 1 unspecified atom stereocenters. The second-order valence-electron chi connectivity index (χ2n) is 8.94. The highest BCUT2D eigenvalue weighted by Crippen LogP contribution is 2.28. The van der Waals surface area contributed by atoms with Gasteiger partial charge in [-0.2, -0.15) is 0 Å². The van der Waals surface area contributed by atoms with Crippen LogP contribution < -0.4 is 5.32 Å². The van der Waals surface area contributed by atoms with Gasteiger partial charge in [0.1, 0.15) is 5.82 Å². The van der Waals surface area contributed by atoms with Crippen LogP contribution in [0.25, 0.3) is 0 Å². The Labute approximate surface area is 183 Å². The Morgan fingerprint density at radius 2 is 1.93 bits per heavy atom. The molecule has 6 heteroatoms. The van der Waals surface area contributed by atoms with Gasteiger partial charge in [0.15, 0.2) is 0 Å². The summed E-state index contributed by atoms with van der Waals surface area (Å²) in [5.74, 6) is -0.220. The fourth-order valence-corrected chi connectivity index (χ4v) is 3.99. The Bertz CT molecular complexity index is 864. The van der Waals surface area contributed by atoms with Crippen LogP contribution in [0.5, 0.6) is 0 Å². The van der Waals surface area contributed by atoms with Crippen LogP contribution in [0.3, 0.4) is 0 Å². The maximum absolute atomic E-state index is 13.3. The molecule has 2 aromatic carbocycles. The molecule has 3 rings (SSSR count). The van der Waals surface area contributed by atoms with Crippen molar-refractivity contribution in [3.63, 3.8) is 0 Å². The molecule has 0 aliphatic carbocycles. The second kappa shape index (κ2) is 9.80. The zero-order valence-corrected chi connectivity index (χ0v) is 18.6. The van der Waals surface area contributed by atoms with Gasteiger partial charge in [0.2, 0.25) is 0 Å². The van der Waals surface area contributed by atoms with E-state index in [9.17, 15) is 9.18 Å². The quantitative estimate of drug-likeness (QED) is 0.624. The molecule has 4 nitrogen and oxygen atoms in total. The smallest absolute Gasteiger partial charge is 0.407 e. The standard InChI is InChI=1S/C24H30ClFN2O2/c1-24(2,3)27-23(29)30-12-4-11-28-16-18-7-8-20(25)14-19(18)15-22(28)13-17-5-9-21(26)10-6-17/h5-10,14,22H,4,11-13,15-16H2,1-3H3,(H,27,29). The number of nitrogens with zero attached hydrogens (tertiary/aromatic N) is 1. The molecule has 1 amide bonds. The van der Waals surface area contributed by atoms with E-state index in [4.69, 9.17) is 16.3 Å². The molecule has 0 saturated carbocycles. The Morgan fingerprint density at radius 1 is 1.20 bits per heavy atom. The number of rotatable bonds is 6. The average Bonchev–Trinajstić information content (AvgIpc) is 2.66. The molecule has 30 heavy (non-hydrogen) atoms. The Hall–Kier alpha value is -2.11. The number of alkyl carbamates (subject to hydrolysis) is 1. The van der Waals surface area contributed by atoms with Gasteiger partial charge in [-0.3, -0.25) is 4.90 Å². The van der Waals surface area contributed by atoms with Crippen molar-refractivity contribution < 1.29 is 13.9 Å². The topological polar surface area (TPSA) is 41.6 Å². The number of fused-ring (bicyclic) bond motifs is 1. The van der Waals surface area contributed by atoms with Gasteiger partial charge in [-0.1, -0.05) is 29.8 Å². The molecule has 1 aliphatic rings. The zero-order valence-electron chi connectivity index (χ0n) is 17.9. The number of carbonyl (C=O) groups excluding carboxylic acids is 1. The number of ether oxygens (including phenoxy) is 1. The van der Waals surface area contributed by atoms with Crippen molar-refractivity contribution in [3.8, 4) is 0 Å². The minimum absolute atomic E-state index is 0.220. The largest absolute Gasteiger partial charge is 0.450 e. The van der Waals surface area contributed by atoms with E-state index in [2.05, 4.69) is 16.3 Å². The first kappa shape index (κ1) is 22.6. The minimum atomic E-state index is -0.385. The summed E-state index contributed by atoms with van der Waals surface area (Å²) in [7, 11) is 0. The molecule has 1 atom stereocenters. The monoisotopic (exact) mass is 432 g/mol. The van der Waals surface area contributed by atoms with Crippen LogP contribution in [0.15, 0.2) is 42.5 Å². The third-order valence-corrected chi connectivity index (χ3v) is 5.43. The summed E-state index contributed by atoms with van der Waals surface area (Å²) in [6, 6.07) is 13.1. The minimum Gasteiger partial charge on any atom is -0.450 e. The Balaban J connectivity index is 1.62. The molecule has 1 N–H and O–H groups in total. The molecule has 1 heterocycles. The first-order valence-corrected chi connectivity index (χ1v) is 10.8. The number of hydrogen-bond donors (Lipinski definition) is 1. The van der Waals surface area contributed by atoms with Gasteiger partial charge in [0.05, 0.1) is 6.61 Å². The average molecular weight is 433 g/mol. The summed E-state index contributed by atoms with van der Waals surface area (Å²) in [5, 5.41) is 3.55. The van der Waals surface area contributed by atoms with Crippen molar-refractivity contribution in [2.24, 2.45) is 0 Å². The Morgan fingerprint density at radius 3 is 2.63 bits per heavy atom. The molecular weight excluding hydrogens is 403 g/mol. The van der Waals surface area contributed by atoms with Crippen molar-refractivity contribution in [1.29, 1.82) is 0 Å². The van der Waals surface area contributed by atoms with E-state index in [1.54, 1.807) is 0 Å². The molecule has 0 saturated heterocycles. The summed E-state index contributed by atoms with van der Waals surface area (Å²) < 4.78 is 18.6. The number of halogens is 2. The number of nitrogens with one attached hydrogen (secondary N) is 1. The molecule has 1 aliphatic heterocycles. The van der Waals surface area contributed by atoms with Crippen LogP contribution in [0.2, 0.25) is 5.02 Å². The van der Waals surface area contributed by atoms with Crippen molar-refractivity contribution in [1.82, 2.24) is 10.2 Å². The molecular formula is C24H30ClFN2O2. The molecule has 0 bridgehead atoms. The van der Waals surface area contributed by atoms with E-state index in [-0.39, 0.29) is 23.5 Å². The van der Waals surface area contributed by atoms with E-state index in [0.717, 1.165) is 42.9 Å². The van der Waals surface area contributed by atoms with Crippen LogP contribution in [0.4, 0.5) is 9.18 Å². The summed E-state index contributed by atoms with van der Waals surface area (Å²) in [5.41, 5.74) is 3.35. The maximum atomic E-state index is 13.3. The van der Waals surface area contributed by atoms with Crippen molar-refractivity contribution in [3.05, 3.63) is 70.0 Å². The van der Waals surface area contributed by atoms with Crippen LogP contribution in [0, 0.1) is 5.82 Å². The maximum Gasteiger partial charge on any atom is 0.407 e. The van der Waals surface area contributed by atoms with E-state index in [1.165, 1.54) is 23.3 Å². The zero-order chi connectivity index (χ0) is 21.7. The van der Waals surface area contributed by atoms with Gasteiger partial charge < -0.3 is 10.1 Å². The summed E-state index contributed by atoms with van der Waals surface area (Å²) in [6.07, 6.45) is 2.08. The molecule has 0 radical (unpaired) electrons. The van der Waals surface area contributed by atoms with Crippen LogP contribution in [-0.2, 0) is 24.1 Å². The lowest BCUT2D eigenvalue weighted by atomic mass is 9.90. The van der Waals surface area contributed by atoms with Crippen LogP contribution >= 0.6 is 11.6 Å². The highest BCUT2D eigenvalue weighted by atomic mass is 35.5. The molecule has 2 aromatic rings. The van der Waals surface area contributed by atoms with E-state index in [1.807, 2.05) is 45.0 Å². The van der Waals surface area contributed by atoms with E-state index < -0.39 is 0 Å². The molecule has 0 spiro atoms. The second-order valence-corrected chi connectivity index (χ2v) is 9.37. The number of benzene rings is 2. The lowest BCUT2D eigenvalue weighted by molar-refractivity contribution is 0.118. The number of amides is 1. The van der Waals surface area contributed by atoms with Crippen LogP contribution in [0.1, 0.15) is 43.9 Å². The van der Waals surface area contributed by atoms with Gasteiger partial charge >= 0.3 is 6.09 Å². The number of carbonyl (C=O) groups is 1. The summed E-state index contributed by atoms with van der Waals surface area (Å²) >= 11 is 6.21. The van der Waals surface area contributed by atoms with Crippen LogP contribution in [-0.4, -0.2) is 35.7 Å². The third kappa shape index (κ3) is 6.71. The van der Waals surface area contributed by atoms with Gasteiger partial charge in [-0.25, -0.2) is 9.18 Å². The molecule has 0 fully saturated rings. The molecule has 0 aromatic heterocycles. The first-order valence-electron chi connectivity index (χ1n) is 10.4. The van der Waals surface area contributed by atoms with Crippen molar-refractivity contribution >= 4 is 17.7 Å². The van der Waals surface area contributed by atoms with E-state index in [0.29, 0.717) is 6.61 Å². The predicted molar refractivity (Wildman–Crippen MR) is 118 cm³/mol. The summed E-state index contributed by atoms with van der Waals surface area (Å²) in [4.78, 5) is 14.3. The van der Waals surface area contributed by atoms with Gasteiger partial charge in [-0.05, 0) is 81.0 Å². The third-order valence-electron chi connectivity index (χ3n) is 5.20. The fourth-order valence-electron chi connectivity index (χ4n) is 3.80. The lowest BCUT2D eigenvalue weighted by Gasteiger charge is -2.37. The van der Waals surface area contributed by atoms with Crippen molar-refractivity contribution in [2.45, 2.75) is 58.2 Å². The highest BCUT2D eigenvalue weighted by Gasteiger charge is 2.26.